The molecule has 0 aliphatic rings. The van der Waals surface area contributed by atoms with Crippen LogP contribution in [-0.4, -0.2) is 34.2 Å². The molecule has 0 amide bonds. The van der Waals surface area contributed by atoms with Crippen molar-refractivity contribution in [3.8, 4) is 23.0 Å². The molecule has 0 atom stereocenters. The first-order valence-electron chi connectivity index (χ1n) is 10.3. The maximum atomic E-state index is 12.4. The molecule has 0 saturated heterocycles. The summed E-state index contributed by atoms with van der Waals surface area (Å²) in [6.07, 6.45) is 7.07. The topological polar surface area (TPSA) is 66.0 Å². The molecule has 0 aliphatic heterocycles. The smallest absolute Gasteiger partial charge is 0.203 e. The van der Waals surface area contributed by atoms with Gasteiger partial charge in [0.2, 0.25) is 5.75 Å². The van der Waals surface area contributed by atoms with Crippen LogP contribution in [0.25, 0.3) is 12.2 Å². The molecular formula is C27H27NO5. The van der Waals surface area contributed by atoms with E-state index in [0.717, 1.165) is 16.8 Å². The van der Waals surface area contributed by atoms with E-state index in [1.165, 1.54) is 6.08 Å². The Morgan fingerprint density at radius 3 is 2.06 bits per heavy atom. The highest BCUT2D eigenvalue weighted by Crippen LogP contribution is 2.38. The van der Waals surface area contributed by atoms with E-state index in [2.05, 4.69) is 5.32 Å². The van der Waals surface area contributed by atoms with Gasteiger partial charge in [-0.05, 0) is 53.6 Å². The van der Waals surface area contributed by atoms with Crippen LogP contribution in [0.4, 0.5) is 5.69 Å². The summed E-state index contributed by atoms with van der Waals surface area (Å²) in [6, 6.07) is 18.6. The number of carbonyl (C=O) groups is 1. The Labute approximate surface area is 194 Å². The zero-order valence-electron chi connectivity index (χ0n) is 19.1. The van der Waals surface area contributed by atoms with Gasteiger partial charge in [0, 0.05) is 23.5 Å². The van der Waals surface area contributed by atoms with E-state index in [9.17, 15) is 4.79 Å². The SMILES string of the molecule is COc1ccc(C(=O)C=CNc2ccccc2C=Cc2cc(OC)c(OC)c(OC)c2)cc1. The van der Waals surface area contributed by atoms with Gasteiger partial charge < -0.3 is 24.3 Å². The summed E-state index contributed by atoms with van der Waals surface area (Å²) in [4.78, 5) is 12.4. The minimum atomic E-state index is -0.101. The molecule has 33 heavy (non-hydrogen) atoms. The highest BCUT2D eigenvalue weighted by atomic mass is 16.5. The highest BCUT2D eigenvalue weighted by molar-refractivity contribution is 6.04. The Kier molecular flexibility index (Phi) is 8.13. The van der Waals surface area contributed by atoms with Crippen LogP contribution in [-0.2, 0) is 0 Å². The van der Waals surface area contributed by atoms with Crippen LogP contribution in [0.5, 0.6) is 23.0 Å². The molecular weight excluding hydrogens is 418 g/mol. The molecule has 0 radical (unpaired) electrons. The zero-order valence-corrected chi connectivity index (χ0v) is 19.1. The molecule has 170 valence electrons. The van der Waals surface area contributed by atoms with Crippen LogP contribution in [0.2, 0.25) is 0 Å². The van der Waals surface area contributed by atoms with Gasteiger partial charge in [0.05, 0.1) is 28.4 Å². The highest BCUT2D eigenvalue weighted by Gasteiger charge is 2.12. The van der Waals surface area contributed by atoms with Crippen molar-refractivity contribution < 1.29 is 23.7 Å². The van der Waals surface area contributed by atoms with Crippen LogP contribution in [0.15, 0.2) is 72.9 Å². The molecule has 6 heteroatoms. The van der Waals surface area contributed by atoms with Gasteiger partial charge in [0.1, 0.15) is 5.75 Å². The number of hydrogen-bond donors (Lipinski definition) is 1. The van der Waals surface area contributed by atoms with Gasteiger partial charge in [-0.2, -0.15) is 0 Å². The van der Waals surface area contributed by atoms with E-state index < -0.39 is 0 Å². The fourth-order valence-corrected chi connectivity index (χ4v) is 3.22. The van der Waals surface area contributed by atoms with Crippen LogP contribution in [0.3, 0.4) is 0 Å². The van der Waals surface area contributed by atoms with Gasteiger partial charge in [-0.3, -0.25) is 4.79 Å². The van der Waals surface area contributed by atoms with Gasteiger partial charge in [-0.1, -0.05) is 30.4 Å². The summed E-state index contributed by atoms with van der Waals surface area (Å²) < 4.78 is 21.3. The quantitative estimate of drug-likeness (QED) is 0.245. The van der Waals surface area contributed by atoms with Crippen molar-refractivity contribution in [2.75, 3.05) is 33.8 Å². The number of nitrogens with one attached hydrogen (secondary N) is 1. The molecule has 0 spiro atoms. The fourth-order valence-electron chi connectivity index (χ4n) is 3.22. The molecule has 0 fully saturated rings. The predicted octanol–water partition coefficient (Wildman–Crippen LogP) is 5.70. The zero-order chi connectivity index (χ0) is 23.6. The van der Waals surface area contributed by atoms with E-state index in [1.807, 2.05) is 48.6 Å². The normalized spacial score (nSPS) is 10.9. The summed E-state index contributed by atoms with van der Waals surface area (Å²) in [6.45, 7) is 0. The summed E-state index contributed by atoms with van der Waals surface area (Å²) in [5.74, 6) is 2.33. The predicted molar refractivity (Wildman–Crippen MR) is 132 cm³/mol. The van der Waals surface area contributed by atoms with Gasteiger partial charge in [0.25, 0.3) is 0 Å². The Morgan fingerprint density at radius 2 is 1.45 bits per heavy atom. The third-order valence-corrected chi connectivity index (χ3v) is 4.95. The van der Waals surface area contributed by atoms with E-state index in [4.69, 9.17) is 18.9 Å². The van der Waals surface area contributed by atoms with Crippen molar-refractivity contribution in [2.24, 2.45) is 0 Å². The minimum Gasteiger partial charge on any atom is -0.497 e. The van der Waals surface area contributed by atoms with Gasteiger partial charge in [-0.25, -0.2) is 0 Å². The lowest BCUT2D eigenvalue weighted by molar-refractivity contribution is 0.104. The van der Waals surface area contributed by atoms with Crippen molar-refractivity contribution in [1.82, 2.24) is 0 Å². The molecule has 3 aromatic rings. The minimum absolute atomic E-state index is 0.101. The Bertz CT molecular complexity index is 1120. The van der Waals surface area contributed by atoms with Crippen LogP contribution < -0.4 is 24.3 Å². The Balaban J connectivity index is 1.76. The van der Waals surface area contributed by atoms with E-state index in [-0.39, 0.29) is 5.78 Å². The lowest BCUT2D eigenvalue weighted by Crippen LogP contribution is -1.97. The monoisotopic (exact) mass is 445 g/mol. The number of hydrogen-bond acceptors (Lipinski definition) is 6. The first-order chi connectivity index (χ1) is 16.1. The number of allylic oxidation sites excluding steroid dienone is 1. The molecule has 0 aliphatic carbocycles. The molecule has 3 aromatic carbocycles. The number of ketones is 1. The maximum Gasteiger partial charge on any atom is 0.203 e. The number of carbonyl (C=O) groups excluding carboxylic acids is 1. The number of anilines is 1. The number of methoxy groups -OCH3 is 4. The van der Waals surface area contributed by atoms with E-state index in [0.29, 0.717) is 28.6 Å². The fraction of sp³-hybridized carbons (Fsp3) is 0.148. The summed E-state index contributed by atoms with van der Waals surface area (Å²) >= 11 is 0. The third-order valence-electron chi connectivity index (χ3n) is 4.95. The molecule has 0 bridgehead atoms. The van der Waals surface area contributed by atoms with Crippen molar-refractivity contribution in [3.05, 3.63) is 89.6 Å². The lowest BCUT2D eigenvalue weighted by Gasteiger charge is -2.13. The first-order valence-corrected chi connectivity index (χ1v) is 10.3. The van der Waals surface area contributed by atoms with Crippen molar-refractivity contribution in [2.45, 2.75) is 0 Å². The van der Waals surface area contributed by atoms with Gasteiger partial charge in [-0.15, -0.1) is 0 Å². The molecule has 0 aromatic heterocycles. The molecule has 0 unspecified atom stereocenters. The van der Waals surface area contributed by atoms with Gasteiger partial charge in [0.15, 0.2) is 17.3 Å². The molecule has 1 N–H and O–H groups in total. The summed E-state index contributed by atoms with van der Waals surface area (Å²) in [5, 5.41) is 3.19. The van der Waals surface area contributed by atoms with E-state index >= 15 is 0 Å². The summed E-state index contributed by atoms with van der Waals surface area (Å²) in [7, 11) is 6.34. The molecule has 6 nitrogen and oxygen atoms in total. The Hall–Kier alpha value is -4.19. The second kappa shape index (κ2) is 11.4. The van der Waals surface area contributed by atoms with Crippen molar-refractivity contribution in [3.63, 3.8) is 0 Å². The van der Waals surface area contributed by atoms with E-state index in [1.54, 1.807) is 58.9 Å². The average molecular weight is 446 g/mol. The lowest BCUT2D eigenvalue weighted by atomic mass is 10.1. The second-order valence-electron chi connectivity index (χ2n) is 6.95. The first kappa shape index (κ1) is 23.5. The number of ether oxygens (including phenoxy) is 4. The van der Waals surface area contributed by atoms with Gasteiger partial charge >= 0.3 is 0 Å². The average Bonchev–Trinajstić information content (AvgIpc) is 2.87. The third kappa shape index (κ3) is 5.95. The molecule has 0 heterocycles. The number of rotatable bonds is 10. The van der Waals surface area contributed by atoms with Crippen molar-refractivity contribution >= 4 is 23.6 Å². The van der Waals surface area contributed by atoms with Crippen molar-refractivity contribution in [1.29, 1.82) is 0 Å². The largest absolute Gasteiger partial charge is 0.497 e. The standard InChI is InChI=1S/C27H27NO5/c1-30-22-13-11-21(12-14-22)24(29)15-16-28-23-8-6-5-7-20(23)10-9-19-17-25(31-2)27(33-4)26(18-19)32-3/h5-18,28H,1-4H3. The Morgan fingerprint density at radius 1 is 0.788 bits per heavy atom. The number of benzene rings is 3. The second-order valence-corrected chi connectivity index (χ2v) is 6.95. The molecule has 3 rings (SSSR count). The van der Waals surface area contributed by atoms with Crippen LogP contribution in [0.1, 0.15) is 21.5 Å². The summed E-state index contributed by atoms with van der Waals surface area (Å²) in [5.41, 5.74) is 3.29. The van der Waals surface area contributed by atoms with Crippen LogP contribution >= 0.6 is 0 Å². The number of para-hydroxylation sites is 1. The van der Waals surface area contributed by atoms with Crippen LogP contribution in [0, 0.1) is 0 Å². The maximum absolute atomic E-state index is 12.4. The molecule has 0 saturated carbocycles.